The first-order valence-corrected chi connectivity index (χ1v) is 9.53. The van der Waals surface area contributed by atoms with E-state index in [-0.39, 0.29) is 11.2 Å². The van der Waals surface area contributed by atoms with Gasteiger partial charge in [-0.3, -0.25) is 9.81 Å². The average Bonchev–Trinajstić information content (AvgIpc) is 3.34. The average molecular weight is 382 g/mol. The fourth-order valence-electron chi connectivity index (χ4n) is 3.47. The van der Waals surface area contributed by atoms with Gasteiger partial charge in [0.05, 0.1) is 16.7 Å². The molecule has 0 unspecified atom stereocenters. The van der Waals surface area contributed by atoms with Crippen LogP contribution in [0.5, 0.6) is 0 Å². The summed E-state index contributed by atoms with van der Waals surface area (Å²) in [4.78, 5) is 9.20. The molecule has 0 saturated heterocycles. The van der Waals surface area contributed by atoms with Crippen molar-refractivity contribution in [2.45, 2.75) is 0 Å². The molecule has 0 fully saturated rings. The van der Waals surface area contributed by atoms with E-state index in [1.54, 1.807) is 4.40 Å². The van der Waals surface area contributed by atoms with Gasteiger partial charge in [0.15, 0.2) is 16.8 Å². The van der Waals surface area contributed by atoms with Crippen molar-refractivity contribution in [2.24, 2.45) is 7.05 Å². The molecule has 7 heteroatoms. The number of imidazole rings is 1. The zero-order chi connectivity index (χ0) is 19.3. The quantitative estimate of drug-likeness (QED) is 0.501. The number of nitrogens with one attached hydrogen (secondary N) is 1. The highest BCUT2D eigenvalue weighted by molar-refractivity contribution is 7.13. The Labute approximate surface area is 164 Å². The molecule has 1 N–H and O–H groups in total. The second kappa shape index (κ2) is 6.15. The van der Waals surface area contributed by atoms with Crippen LogP contribution in [0, 0.1) is 16.7 Å². The summed E-state index contributed by atoms with van der Waals surface area (Å²) < 4.78 is 3.68. The lowest BCUT2D eigenvalue weighted by atomic mass is 10.2. The molecule has 0 saturated carbocycles. The molecule has 28 heavy (non-hydrogen) atoms. The van der Waals surface area contributed by atoms with E-state index in [9.17, 15) is 5.26 Å². The van der Waals surface area contributed by atoms with Gasteiger partial charge < -0.3 is 4.57 Å². The molecule has 0 aliphatic carbocycles. The second-order valence-electron chi connectivity index (χ2n) is 6.38. The first kappa shape index (κ1) is 16.4. The summed E-state index contributed by atoms with van der Waals surface area (Å²) in [5.74, 6) is 0. The zero-order valence-corrected chi connectivity index (χ0v) is 15.7. The maximum atomic E-state index is 9.71. The number of hydrogen-bond acceptors (Lipinski definition) is 5. The third kappa shape index (κ3) is 2.29. The molecule has 0 bridgehead atoms. The van der Waals surface area contributed by atoms with Crippen LogP contribution in [-0.2, 0) is 7.05 Å². The zero-order valence-electron chi connectivity index (χ0n) is 14.9. The predicted octanol–water partition coefficient (Wildman–Crippen LogP) is 3.97. The van der Waals surface area contributed by atoms with E-state index in [0.717, 1.165) is 22.3 Å². The predicted molar refractivity (Wildman–Crippen MR) is 109 cm³/mol. The number of fused-ring (bicyclic) bond motifs is 3. The van der Waals surface area contributed by atoms with Crippen LogP contribution >= 0.6 is 11.3 Å². The summed E-state index contributed by atoms with van der Waals surface area (Å²) in [7, 11) is 1.89. The van der Waals surface area contributed by atoms with Crippen molar-refractivity contribution in [3.8, 4) is 28.0 Å². The summed E-state index contributed by atoms with van der Waals surface area (Å²) in [6, 6.07) is 19.9. The molecule has 0 spiro atoms. The number of aryl methyl sites for hydroxylation is 1. The van der Waals surface area contributed by atoms with Crippen molar-refractivity contribution in [2.75, 3.05) is 0 Å². The van der Waals surface area contributed by atoms with Crippen molar-refractivity contribution in [3.05, 3.63) is 71.2 Å². The summed E-state index contributed by atoms with van der Waals surface area (Å²) in [5.41, 5.74) is 5.18. The number of thiazole rings is 1. The van der Waals surface area contributed by atoms with Crippen molar-refractivity contribution >= 4 is 28.0 Å². The lowest BCUT2D eigenvalue weighted by molar-refractivity contribution is 0.930. The van der Waals surface area contributed by atoms with Crippen LogP contribution in [-0.4, -0.2) is 18.9 Å². The van der Waals surface area contributed by atoms with E-state index >= 15 is 0 Å². The Bertz CT molecular complexity index is 1450. The molecule has 5 rings (SSSR count). The molecule has 3 aromatic heterocycles. The highest BCUT2D eigenvalue weighted by atomic mass is 32.1. The van der Waals surface area contributed by atoms with Gasteiger partial charge in [-0.2, -0.15) is 5.26 Å². The van der Waals surface area contributed by atoms with E-state index in [1.807, 2.05) is 71.6 Å². The standard InChI is InChI=1S/C21H14N6S/c1-26-16-9-5-6-10-17(16)27-19(23)18(24-14(11-22)21(26)27)20-25-15(12-28-20)13-7-3-2-4-8-13/h2-10,12,23H,1H3. The summed E-state index contributed by atoms with van der Waals surface area (Å²) >= 11 is 1.43. The van der Waals surface area contributed by atoms with Crippen molar-refractivity contribution in [3.63, 3.8) is 0 Å². The maximum absolute atomic E-state index is 9.71. The summed E-state index contributed by atoms with van der Waals surface area (Å²) in [6.07, 6.45) is 0. The fraction of sp³-hybridized carbons (Fsp3) is 0.0476. The van der Waals surface area contributed by atoms with Crippen LogP contribution in [0.4, 0.5) is 0 Å². The van der Waals surface area contributed by atoms with Gasteiger partial charge >= 0.3 is 0 Å². The number of hydrogen-bond donors (Lipinski definition) is 1. The van der Waals surface area contributed by atoms with E-state index in [2.05, 4.69) is 16.0 Å². The fourth-order valence-corrected chi connectivity index (χ4v) is 4.29. The van der Waals surface area contributed by atoms with Gasteiger partial charge in [0.25, 0.3) is 0 Å². The van der Waals surface area contributed by atoms with Gasteiger partial charge in [0.1, 0.15) is 16.8 Å². The minimum absolute atomic E-state index is 0.222. The number of nitriles is 1. The second-order valence-corrected chi connectivity index (χ2v) is 7.24. The van der Waals surface area contributed by atoms with Crippen molar-refractivity contribution in [1.29, 1.82) is 10.7 Å². The number of aromatic nitrogens is 4. The SMILES string of the molecule is Cn1c2ccccc2n2c(=N)c(-c3nc(-c4ccccc4)cs3)nc(C#N)c12. The molecule has 3 heterocycles. The molecular formula is C21H14N6S. The Kier molecular flexibility index (Phi) is 3.60. The third-order valence-electron chi connectivity index (χ3n) is 4.78. The first-order chi connectivity index (χ1) is 13.7. The van der Waals surface area contributed by atoms with Gasteiger partial charge in [0.2, 0.25) is 0 Å². The minimum Gasteiger partial charge on any atom is -0.326 e. The van der Waals surface area contributed by atoms with Gasteiger partial charge in [0, 0.05) is 18.0 Å². The molecule has 0 amide bonds. The van der Waals surface area contributed by atoms with Crippen LogP contribution in [0.15, 0.2) is 60.0 Å². The number of nitrogens with zero attached hydrogens (tertiary/aromatic N) is 5. The Morgan fingerprint density at radius 2 is 1.71 bits per heavy atom. The molecule has 0 aliphatic heterocycles. The maximum Gasteiger partial charge on any atom is 0.182 e. The van der Waals surface area contributed by atoms with E-state index in [1.165, 1.54) is 11.3 Å². The summed E-state index contributed by atoms with van der Waals surface area (Å²) in [5, 5.41) is 21.1. The number of rotatable bonds is 2. The molecule has 0 radical (unpaired) electrons. The number of benzene rings is 2. The molecular weight excluding hydrogens is 368 g/mol. The first-order valence-electron chi connectivity index (χ1n) is 8.65. The molecule has 134 valence electrons. The van der Waals surface area contributed by atoms with E-state index < -0.39 is 0 Å². The number of para-hydroxylation sites is 2. The van der Waals surface area contributed by atoms with Crippen molar-refractivity contribution < 1.29 is 0 Å². The third-order valence-corrected chi connectivity index (χ3v) is 5.63. The largest absolute Gasteiger partial charge is 0.326 e. The summed E-state index contributed by atoms with van der Waals surface area (Å²) in [6.45, 7) is 0. The lowest BCUT2D eigenvalue weighted by Crippen LogP contribution is -2.19. The van der Waals surface area contributed by atoms with E-state index in [4.69, 9.17) is 5.41 Å². The highest BCUT2D eigenvalue weighted by Crippen LogP contribution is 2.28. The smallest absolute Gasteiger partial charge is 0.182 e. The minimum atomic E-state index is 0.222. The molecule has 2 aromatic carbocycles. The highest BCUT2D eigenvalue weighted by Gasteiger charge is 2.19. The lowest BCUT2D eigenvalue weighted by Gasteiger charge is -2.04. The Morgan fingerprint density at radius 3 is 2.46 bits per heavy atom. The van der Waals surface area contributed by atoms with Crippen LogP contribution in [0.25, 0.3) is 38.6 Å². The van der Waals surface area contributed by atoms with Crippen LogP contribution in [0.3, 0.4) is 0 Å². The van der Waals surface area contributed by atoms with Crippen molar-refractivity contribution in [1.82, 2.24) is 18.9 Å². The molecule has 0 atom stereocenters. The molecule has 0 aliphatic rings. The molecule has 6 nitrogen and oxygen atoms in total. The Morgan fingerprint density at radius 1 is 1.00 bits per heavy atom. The topological polar surface area (TPSA) is 82.8 Å². The van der Waals surface area contributed by atoms with Gasteiger partial charge in [-0.25, -0.2) is 9.97 Å². The van der Waals surface area contributed by atoms with Crippen LogP contribution < -0.4 is 5.49 Å². The normalized spacial score (nSPS) is 11.1. The van der Waals surface area contributed by atoms with Gasteiger partial charge in [-0.15, -0.1) is 11.3 Å². The monoisotopic (exact) mass is 382 g/mol. The van der Waals surface area contributed by atoms with E-state index in [0.29, 0.717) is 16.3 Å². The van der Waals surface area contributed by atoms with Gasteiger partial charge in [-0.05, 0) is 12.1 Å². The van der Waals surface area contributed by atoms with Crippen LogP contribution in [0.1, 0.15) is 5.69 Å². The molecule has 5 aromatic rings. The Hall–Kier alpha value is -3.76. The van der Waals surface area contributed by atoms with Gasteiger partial charge in [-0.1, -0.05) is 42.5 Å². The Balaban J connectivity index is 1.82. The van der Waals surface area contributed by atoms with Crippen LogP contribution in [0.2, 0.25) is 0 Å².